The zero-order chi connectivity index (χ0) is 15.8. The van der Waals surface area contributed by atoms with Crippen LogP contribution in [0, 0.1) is 0 Å². The van der Waals surface area contributed by atoms with Gasteiger partial charge >= 0.3 is 6.03 Å². The van der Waals surface area contributed by atoms with Gasteiger partial charge in [0.1, 0.15) is 0 Å². The van der Waals surface area contributed by atoms with Gasteiger partial charge in [-0.05, 0) is 33.6 Å². The van der Waals surface area contributed by atoms with Gasteiger partial charge in [0.05, 0.1) is 0 Å². The van der Waals surface area contributed by atoms with Gasteiger partial charge in [0.15, 0.2) is 0 Å². The third kappa shape index (κ3) is 7.11. The Morgan fingerprint density at radius 2 is 1.70 bits per heavy atom. The zero-order valence-electron chi connectivity index (χ0n) is 13.2. The Bertz CT molecular complexity index is 335. The maximum Gasteiger partial charge on any atom is 0.324 e. The highest BCUT2D eigenvalue weighted by atomic mass is 16.2. The maximum absolute atomic E-state index is 11.8. The van der Waals surface area contributed by atoms with Crippen molar-refractivity contribution >= 4 is 18.3 Å². The summed E-state index contributed by atoms with van der Waals surface area (Å²) in [6.45, 7) is 5.91. The van der Waals surface area contributed by atoms with Gasteiger partial charge in [-0.2, -0.15) is 0 Å². The quantitative estimate of drug-likeness (QED) is 0.570. The Morgan fingerprint density at radius 3 is 2.15 bits per heavy atom. The third-order valence-corrected chi connectivity index (χ3v) is 2.89. The van der Waals surface area contributed by atoms with Crippen molar-refractivity contribution in [3.05, 3.63) is 0 Å². The third-order valence-electron chi connectivity index (χ3n) is 2.89. The van der Waals surface area contributed by atoms with Gasteiger partial charge in [0, 0.05) is 32.6 Å². The number of imide groups is 1. The first-order valence-corrected chi connectivity index (χ1v) is 6.92. The molecule has 4 amide bonds. The zero-order valence-corrected chi connectivity index (χ0v) is 13.2. The minimum Gasteiger partial charge on any atom is -0.349 e. The second-order valence-corrected chi connectivity index (χ2v) is 5.98. The van der Waals surface area contributed by atoms with Crippen molar-refractivity contribution in [3.63, 3.8) is 0 Å². The van der Waals surface area contributed by atoms with Gasteiger partial charge in [-0.3, -0.25) is 14.5 Å². The number of nitrogens with zero attached hydrogens (tertiary/aromatic N) is 2. The summed E-state index contributed by atoms with van der Waals surface area (Å²) in [7, 11) is 3.48. The van der Waals surface area contributed by atoms with E-state index in [4.69, 9.17) is 0 Å². The molecule has 1 N–H and O–H groups in total. The highest BCUT2D eigenvalue weighted by Gasteiger charge is 2.25. The topological polar surface area (TPSA) is 69.7 Å². The van der Waals surface area contributed by atoms with Crippen molar-refractivity contribution in [2.45, 2.75) is 52.0 Å². The molecule has 0 saturated carbocycles. The van der Waals surface area contributed by atoms with Crippen molar-refractivity contribution < 1.29 is 14.4 Å². The number of urea groups is 1. The van der Waals surface area contributed by atoms with Gasteiger partial charge in [-0.25, -0.2) is 4.79 Å². The number of hydrogen-bond donors (Lipinski definition) is 1. The highest BCUT2D eigenvalue weighted by Crippen LogP contribution is 2.10. The smallest absolute Gasteiger partial charge is 0.324 e. The van der Waals surface area contributed by atoms with E-state index >= 15 is 0 Å². The SMILES string of the molecule is CN(C)C(=O)CCCCCNC(=O)N(C=O)C(C)(C)C. The van der Waals surface area contributed by atoms with Gasteiger partial charge in [0.25, 0.3) is 0 Å². The fourth-order valence-corrected chi connectivity index (χ4v) is 1.59. The lowest BCUT2D eigenvalue weighted by Crippen LogP contribution is -2.49. The van der Waals surface area contributed by atoms with Gasteiger partial charge in [-0.1, -0.05) is 6.42 Å². The molecule has 0 unspecified atom stereocenters. The Balaban J connectivity index is 3.83. The molecule has 0 spiro atoms. The summed E-state index contributed by atoms with van der Waals surface area (Å²) in [4.78, 5) is 36.7. The van der Waals surface area contributed by atoms with Crippen LogP contribution in [0.1, 0.15) is 46.5 Å². The molecule has 0 atom stereocenters. The molecule has 0 aliphatic heterocycles. The van der Waals surface area contributed by atoms with E-state index in [0.717, 1.165) is 24.2 Å². The second kappa shape index (κ2) is 8.55. The number of carbonyl (C=O) groups is 3. The number of unbranched alkanes of at least 4 members (excludes halogenated alkanes) is 2. The molecule has 6 heteroatoms. The van der Waals surface area contributed by atoms with E-state index in [0.29, 0.717) is 19.4 Å². The molecular formula is C14H27N3O3. The van der Waals surface area contributed by atoms with Crippen LogP contribution in [-0.4, -0.2) is 54.3 Å². The van der Waals surface area contributed by atoms with Crippen LogP contribution in [0.5, 0.6) is 0 Å². The predicted octanol–water partition coefficient (Wildman–Crippen LogP) is 1.60. The number of nitrogens with one attached hydrogen (secondary N) is 1. The normalized spacial score (nSPS) is 10.8. The van der Waals surface area contributed by atoms with Crippen molar-refractivity contribution in [3.8, 4) is 0 Å². The molecular weight excluding hydrogens is 258 g/mol. The molecule has 0 bridgehead atoms. The second-order valence-electron chi connectivity index (χ2n) is 5.98. The number of rotatable bonds is 7. The minimum absolute atomic E-state index is 0.119. The van der Waals surface area contributed by atoms with Crippen molar-refractivity contribution in [1.82, 2.24) is 15.1 Å². The van der Waals surface area contributed by atoms with Crippen LogP contribution in [0.25, 0.3) is 0 Å². The lowest BCUT2D eigenvalue weighted by Gasteiger charge is -2.30. The van der Waals surface area contributed by atoms with Crippen molar-refractivity contribution in [2.75, 3.05) is 20.6 Å². The molecule has 6 nitrogen and oxygen atoms in total. The number of amides is 4. The van der Waals surface area contributed by atoms with Crippen molar-refractivity contribution in [1.29, 1.82) is 0 Å². The van der Waals surface area contributed by atoms with Gasteiger partial charge < -0.3 is 10.2 Å². The molecule has 0 aromatic rings. The monoisotopic (exact) mass is 285 g/mol. The van der Waals surface area contributed by atoms with E-state index in [1.807, 2.05) is 0 Å². The lowest BCUT2D eigenvalue weighted by atomic mass is 10.1. The first-order chi connectivity index (χ1) is 9.20. The van der Waals surface area contributed by atoms with Gasteiger partial charge in [0.2, 0.25) is 12.3 Å². The molecule has 0 aliphatic rings. The highest BCUT2D eigenvalue weighted by molar-refractivity contribution is 5.85. The lowest BCUT2D eigenvalue weighted by molar-refractivity contribution is -0.128. The summed E-state index contributed by atoms with van der Waals surface area (Å²) in [5, 5.41) is 2.71. The van der Waals surface area contributed by atoms with Crippen LogP contribution in [0.4, 0.5) is 4.79 Å². The Labute approximate surface area is 121 Å². The minimum atomic E-state index is -0.524. The van der Waals surface area contributed by atoms with E-state index < -0.39 is 5.54 Å². The van der Waals surface area contributed by atoms with Crippen LogP contribution in [0.15, 0.2) is 0 Å². The summed E-state index contributed by atoms with van der Waals surface area (Å²) in [6.07, 6.45) is 3.55. The average molecular weight is 285 g/mol. The molecule has 116 valence electrons. The summed E-state index contributed by atoms with van der Waals surface area (Å²) in [5.74, 6) is 0.119. The summed E-state index contributed by atoms with van der Waals surface area (Å²) >= 11 is 0. The summed E-state index contributed by atoms with van der Waals surface area (Å²) in [5.41, 5.74) is -0.524. The largest absolute Gasteiger partial charge is 0.349 e. The van der Waals surface area contributed by atoms with E-state index in [-0.39, 0.29) is 11.9 Å². The van der Waals surface area contributed by atoms with Crippen LogP contribution in [0.2, 0.25) is 0 Å². The van der Waals surface area contributed by atoms with Crippen LogP contribution < -0.4 is 5.32 Å². The standard InChI is InChI=1S/C14H27N3O3/c1-14(2,3)17(11-18)13(20)15-10-8-6-7-9-12(19)16(4)5/h11H,6-10H2,1-5H3,(H,15,20). The molecule has 0 radical (unpaired) electrons. The molecule has 0 aromatic carbocycles. The predicted molar refractivity (Wildman–Crippen MR) is 78.2 cm³/mol. The van der Waals surface area contributed by atoms with E-state index in [1.165, 1.54) is 0 Å². The molecule has 0 rings (SSSR count). The number of hydrogen-bond acceptors (Lipinski definition) is 3. The van der Waals surface area contributed by atoms with E-state index in [1.54, 1.807) is 39.8 Å². The Hall–Kier alpha value is -1.59. The summed E-state index contributed by atoms with van der Waals surface area (Å²) in [6, 6.07) is -0.378. The van der Waals surface area contributed by atoms with Crippen LogP contribution >= 0.6 is 0 Å². The fourth-order valence-electron chi connectivity index (χ4n) is 1.59. The fraction of sp³-hybridized carbons (Fsp3) is 0.786. The average Bonchev–Trinajstić information content (AvgIpc) is 2.31. The van der Waals surface area contributed by atoms with Crippen LogP contribution in [-0.2, 0) is 9.59 Å². The molecule has 0 heterocycles. The summed E-state index contributed by atoms with van der Waals surface area (Å²) < 4.78 is 0. The molecule has 0 saturated heterocycles. The maximum atomic E-state index is 11.8. The first-order valence-electron chi connectivity index (χ1n) is 6.92. The van der Waals surface area contributed by atoms with Crippen molar-refractivity contribution in [2.24, 2.45) is 0 Å². The molecule has 0 fully saturated rings. The first kappa shape index (κ1) is 18.4. The molecule has 20 heavy (non-hydrogen) atoms. The van der Waals surface area contributed by atoms with Gasteiger partial charge in [-0.15, -0.1) is 0 Å². The molecule has 0 aliphatic carbocycles. The van der Waals surface area contributed by atoms with E-state index in [9.17, 15) is 14.4 Å². The van der Waals surface area contributed by atoms with Crippen LogP contribution in [0.3, 0.4) is 0 Å². The number of carbonyl (C=O) groups excluding carboxylic acids is 3. The molecule has 0 aromatic heterocycles. The Kier molecular flexibility index (Phi) is 7.87. The van der Waals surface area contributed by atoms with E-state index in [2.05, 4.69) is 5.32 Å². The Morgan fingerprint density at radius 1 is 1.10 bits per heavy atom.